The summed E-state index contributed by atoms with van der Waals surface area (Å²) >= 11 is 2.14. The van der Waals surface area contributed by atoms with Gasteiger partial charge in [-0.2, -0.15) is 5.26 Å². The summed E-state index contributed by atoms with van der Waals surface area (Å²) in [6.07, 6.45) is 1.43. The van der Waals surface area contributed by atoms with Crippen LogP contribution in [0.3, 0.4) is 0 Å². The summed E-state index contributed by atoms with van der Waals surface area (Å²) in [7, 11) is 1.44. The maximum atomic E-state index is 12.3. The lowest BCUT2D eigenvalue weighted by Crippen LogP contribution is -2.13. The summed E-state index contributed by atoms with van der Waals surface area (Å²) in [6.45, 7) is 1.29. The average Bonchev–Trinajstić information content (AvgIpc) is 2.60. The zero-order chi connectivity index (χ0) is 19.1. The SMILES string of the molecule is COc1cc(/C=C(\C#N)C(=O)Nc2cccc(I)c2)ccc1OC(C)=O. The van der Waals surface area contributed by atoms with Crippen LogP contribution in [0, 0.1) is 14.9 Å². The number of anilines is 1. The zero-order valence-corrected chi connectivity index (χ0v) is 16.2. The molecule has 2 rings (SSSR count). The lowest BCUT2D eigenvalue weighted by atomic mass is 10.1. The van der Waals surface area contributed by atoms with E-state index in [1.165, 1.54) is 20.1 Å². The van der Waals surface area contributed by atoms with Gasteiger partial charge >= 0.3 is 5.97 Å². The number of nitrogens with zero attached hydrogens (tertiary/aromatic N) is 1. The third kappa shape index (κ3) is 5.32. The van der Waals surface area contributed by atoms with Gasteiger partial charge in [-0.3, -0.25) is 9.59 Å². The van der Waals surface area contributed by atoms with Crippen molar-refractivity contribution in [2.75, 3.05) is 12.4 Å². The fourth-order valence-electron chi connectivity index (χ4n) is 2.09. The Morgan fingerprint density at radius 2 is 1.96 bits per heavy atom. The Morgan fingerprint density at radius 3 is 2.58 bits per heavy atom. The molecule has 0 fully saturated rings. The number of methoxy groups -OCH3 is 1. The molecule has 7 heteroatoms. The summed E-state index contributed by atoms with van der Waals surface area (Å²) in [5, 5.41) is 12.0. The summed E-state index contributed by atoms with van der Waals surface area (Å²) in [6, 6.07) is 13.9. The van der Waals surface area contributed by atoms with Crippen LogP contribution in [0.1, 0.15) is 12.5 Å². The van der Waals surface area contributed by atoms with Crippen LogP contribution in [0.2, 0.25) is 0 Å². The maximum Gasteiger partial charge on any atom is 0.308 e. The van der Waals surface area contributed by atoms with E-state index >= 15 is 0 Å². The molecule has 0 unspecified atom stereocenters. The molecule has 0 aromatic heterocycles. The first-order chi connectivity index (χ1) is 12.4. The second-order valence-corrected chi connectivity index (χ2v) is 6.38. The number of hydrogen-bond donors (Lipinski definition) is 1. The van der Waals surface area contributed by atoms with Crippen molar-refractivity contribution in [3.05, 3.63) is 57.2 Å². The number of carbonyl (C=O) groups is 2. The predicted molar refractivity (Wildman–Crippen MR) is 106 cm³/mol. The van der Waals surface area contributed by atoms with Gasteiger partial charge in [-0.05, 0) is 64.6 Å². The standard InChI is InChI=1S/C19H15IN2O4/c1-12(23)26-17-7-6-13(9-18(17)25-2)8-14(11-21)19(24)22-16-5-3-4-15(20)10-16/h3-10H,1-2H3,(H,22,24)/b14-8+. The minimum atomic E-state index is -0.516. The van der Waals surface area contributed by atoms with E-state index in [1.807, 2.05) is 18.2 Å². The van der Waals surface area contributed by atoms with Crippen molar-refractivity contribution in [3.8, 4) is 17.6 Å². The highest BCUT2D eigenvalue weighted by Crippen LogP contribution is 2.29. The molecule has 0 heterocycles. The number of hydrogen-bond acceptors (Lipinski definition) is 5. The van der Waals surface area contributed by atoms with Crippen molar-refractivity contribution in [2.45, 2.75) is 6.92 Å². The van der Waals surface area contributed by atoms with Crippen molar-refractivity contribution in [1.29, 1.82) is 5.26 Å². The van der Waals surface area contributed by atoms with Crippen LogP contribution in [-0.4, -0.2) is 19.0 Å². The van der Waals surface area contributed by atoms with E-state index in [0.717, 1.165) is 3.57 Å². The molecule has 2 aromatic carbocycles. The molecular weight excluding hydrogens is 447 g/mol. The number of rotatable bonds is 5. The molecule has 0 saturated heterocycles. The number of nitriles is 1. The third-order valence-electron chi connectivity index (χ3n) is 3.20. The summed E-state index contributed by atoms with van der Waals surface area (Å²) in [5.74, 6) is -0.401. The molecule has 0 aliphatic heterocycles. The molecule has 1 amide bonds. The highest BCUT2D eigenvalue weighted by molar-refractivity contribution is 14.1. The topological polar surface area (TPSA) is 88.4 Å². The quantitative estimate of drug-likeness (QED) is 0.240. The van der Waals surface area contributed by atoms with Crippen LogP contribution < -0.4 is 14.8 Å². The van der Waals surface area contributed by atoms with Crippen LogP contribution in [0.4, 0.5) is 5.69 Å². The van der Waals surface area contributed by atoms with E-state index in [9.17, 15) is 14.9 Å². The second kappa shape index (κ2) is 9.01. The molecule has 0 aliphatic rings. The number of benzene rings is 2. The number of nitrogens with one attached hydrogen (secondary N) is 1. The molecule has 6 nitrogen and oxygen atoms in total. The first-order valence-electron chi connectivity index (χ1n) is 7.48. The Labute approximate surface area is 164 Å². The van der Waals surface area contributed by atoms with E-state index < -0.39 is 11.9 Å². The van der Waals surface area contributed by atoms with Crippen molar-refractivity contribution in [1.82, 2.24) is 0 Å². The zero-order valence-electron chi connectivity index (χ0n) is 14.1. The van der Waals surface area contributed by atoms with Crippen molar-refractivity contribution in [2.24, 2.45) is 0 Å². The molecule has 132 valence electrons. The fourth-order valence-corrected chi connectivity index (χ4v) is 2.64. The molecule has 0 bridgehead atoms. The Hall–Kier alpha value is -2.86. The molecule has 1 N–H and O–H groups in total. The molecular formula is C19H15IN2O4. The van der Waals surface area contributed by atoms with Gasteiger partial charge in [-0.1, -0.05) is 12.1 Å². The molecule has 26 heavy (non-hydrogen) atoms. The highest BCUT2D eigenvalue weighted by Gasteiger charge is 2.12. The Bertz CT molecular complexity index is 916. The van der Waals surface area contributed by atoms with Gasteiger partial charge in [0.15, 0.2) is 11.5 Å². The Morgan fingerprint density at radius 1 is 1.19 bits per heavy atom. The minimum Gasteiger partial charge on any atom is -0.493 e. The third-order valence-corrected chi connectivity index (χ3v) is 3.87. The smallest absolute Gasteiger partial charge is 0.308 e. The monoisotopic (exact) mass is 462 g/mol. The van der Waals surface area contributed by atoms with Gasteiger partial charge in [0.25, 0.3) is 5.91 Å². The van der Waals surface area contributed by atoms with Gasteiger partial charge in [-0.15, -0.1) is 0 Å². The van der Waals surface area contributed by atoms with Crippen LogP contribution in [-0.2, 0) is 9.59 Å². The van der Waals surface area contributed by atoms with Gasteiger partial charge in [0.1, 0.15) is 11.6 Å². The van der Waals surface area contributed by atoms with E-state index in [0.29, 0.717) is 17.0 Å². The average molecular weight is 462 g/mol. The maximum absolute atomic E-state index is 12.3. The minimum absolute atomic E-state index is 0.0637. The molecule has 2 aromatic rings. The van der Waals surface area contributed by atoms with Crippen molar-refractivity contribution in [3.63, 3.8) is 0 Å². The van der Waals surface area contributed by atoms with Gasteiger partial charge in [0.05, 0.1) is 7.11 Å². The normalized spacial score (nSPS) is 10.6. The van der Waals surface area contributed by atoms with Crippen molar-refractivity contribution >= 4 is 46.2 Å². The van der Waals surface area contributed by atoms with Crippen LogP contribution >= 0.6 is 22.6 Å². The Balaban J connectivity index is 2.26. The van der Waals surface area contributed by atoms with E-state index in [1.54, 1.807) is 30.3 Å². The van der Waals surface area contributed by atoms with E-state index in [2.05, 4.69) is 27.9 Å². The lowest BCUT2D eigenvalue weighted by Gasteiger charge is -2.09. The largest absolute Gasteiger partial charge is 0.493 e. The second-order valence-electron chi connectivity index (χ2n) is 5.14. The molecule has 0 atom stereocenters. The first kappa shape index (κ1) is 19.5. The molecule has 0 spiro atoms. The van der Waals surface area contributed by atoms with Gasteiger partial charge in [-0.25, -0.2) is 0 Å². The number of ether oxygens (including phenoxy) is 2. The number of carbonyl (C=O) groups excluding carboxylic acids is 2. The summed E-state index contributed by atoms with van der Waals surface area (Å²) in [5.41, 5.74) is 1.10. The lowest BCUT2D eigenvalue weighted by molar-refractivity contribution is -0.132. The van der Waals surface area contributed by atoms with Gasteiger partial charge in [0.2, 0.25) is 0 Å². The highest BCUT2D eigenvalue weighted by atomic mass is 127. The van der Waals surface area contributed by atoms with Gasteiger partial charge in [0, 0.05) is 16.2 Å². The van der Waals surface area contributed by atoms with Crippen LogP contribution in [0.5, 0.6) is 11.5 Å². The fraction of sp³-hybridized carbons (Fsp3) is 0.105. The van der Waals surface area contributed by atoms with E-state index in [-0.39, 0.29) is 11.3 Å². The number of esters is 1. The summed E-state index contributed by atoms with van der Waals surface area (Å²) in [4.78, 5) is 23.4. The molecule has 0 radical (unpaired) electrons. The van der Waals surface area contributed by atoms with Crippen LogP contribution in [0.15, 0.2) is 48.0 Å². The van der Waals surface area contributed by atoms with Crippen LogP contribution in [0.25, 0.3) is 6.08 Å². The van der Waals surface area contributed by atoms with Gasteiger partial charge < -0.3 is 14.8 Å². The molecule has 0 aliphatic carbocycles. The molecule has 0 saturated carbocycles. The summed E-state index contributed by atoms with van der Waals surface area (Å²) < 4.78 is 11.2. The Kier molecular flexibility index (Phi) is 6.74. The number of amides is 1. The first-order valence-corrected chi connectivity index (χ1v) is 8.56. The van der Waals surface area contributed by atoms with Crippen molar-refractivity contribution < 1.29 is 19.1 Å². The van der Waals surface area contributed by atoms with E-state index in [4.69, 9.17) is 9.47 Å². The number of halogens is 1. The predicted octanol–water partition coefficient (Wildman–Crippen LogP) is 3.77.